The SMILES string of the molecule is CCNCCCNCC1CCCC1C. The second kappa shape index (κ2) is 7.24. The molecule has 0 aliphatic heterocycles. The van der Waals surface area contributed by atoms with Gasteiger partial charge in [0.25, 0.3) is 0 Å². The molecule has 84 valence electrons. The van der Waals surface area contributed by atoms with Gasteiger partial charge in [-0.25, -0.2) is 0 Å². The van der Waals surface area contributed by atoms with Crippen LogP contribution in [0.2, 0.25) is 0 Å². The van der Waals surface area contributed by atoms with Gasteiger partial charge in [-0.15, -0.1) is 0 Å². The summed E-state index contributed by atoms with van der Waals surface area (Å²) in [5, 5.41) is 6.92. The zero-order valence-corrected chi connectivity index (χ0v) is 9.81. The highest BCUT2D eigenvalue weighted by atomic mass is 14.9. The van der Waals surface area contributed by atoms with Crippen LogP contribution in [0.3, 0.4) is 0 Å². The maximum Gasteiger partial charge on any atom is -0.00180 e. The highest BCUT2D eigenvalue weighted by molar-refractivity contribution is 4.75. The molecule has 1 fully saturated rings. The predicted molar refractivity (Wildman–Crippen MR) is 62.5 cm³/mol. The summed E-state index contributed by atoms with van der Waals surface area (Å²) in [7, 11) is 0. The van der Waals surface area contributed by atoms with E-state index in [0.717, 1.165) is 24.9 Å². The summed E-state index contributed by atoms with van der Waals surface area (Å²) < 4.78 is 0. The first-order valence-corrected chi connectivity index (χ1v) is 6.26. The largest absolute Gasteiger partial charge is 0.317 e. The van der Waals surface area contributed by atoms with Crippen LogP contribution in [-0.4, -0.2) is 26.2 Å². The summed E-state index contributed by atoms with van der Waals surface area (Å²) in [6.07, 6.45) is 5.60. The lowest BCUT2D eigenvalue weighted by molar-refractivity contribution is 0.391. The molecule has 1 rings (SSSR count). The molecule has 2 nitrogen and oxygen atoms in total. The van der Waals surface area contributed by atoms with E-state index >= 15 is 0 Å². The molecule has 0 saturated heterocycles. The highest BCUT2D eigenvalue weighted by Crippen LogP contribution is 2.30. The van der Waals surface area contributed by atoms with Gasteiger partial charge in [0.2, 0.25) is 0 Å². The van der Waals surface area contributed by atoms with Crippen LogP contribution in [-0.2, 0) is 0 Å². The molecule has 0 spiro atoms. The maximum absolute atomic E-state index is 3.58. The normalized spacial score (nSPS) is 27.0. The van der Waals surface area contributed by atoms with Crippen molar-refractivity contribution in [1.29, 1.82) is 0 Å². The average Bonchev–Trinajstić information content (AvgIpc) is 2.58. The molecule has 2 atom stereocenters. The van der Waals surface area contributed by atoms with Gasteiger partial charge in [-0.3, -0.25) is 0 Å². The molecule has 1 saturated carbocycles. The Bertz CT molecular complexity index is 136. The molecule has 0 aromatic rings. The van der Waals surface area contributed by atoms with Crippen molar-refractivity contribution in [3.63, 3.8) is 0 Å². The lowest BCUT2D eigenvalue weighted by Crippen LogP contribution is -2.27. The molecular weight excluding hydrogens is 172 g/mol. The van der Waals surface area contributed by atoms with E-state index in [1.165, 1.54) is 38.8 Å². The second-order valence-corrected chi connectivity index (χ2v) is 4.58. The monoisotopic (exact) mass is 198 g/mol. The molecule has 0 radical (unpaired) electrons. The zero-order valence-electron chi connectivity index (χ0n) is 9.81. The second-order valence-electron chi connectivity index (χ2n) is 4.58. The van der Waals surface area contributed by atoms with E-state index in [2.05, 4.69) is 24.5 Å². The number of hydrogen-bond donors (Lipinski definition) is 2. The van der Waals surface area contributed by atoms with Crippen LogP contribution < -0.4 is 10.6 Å². The smallest absolute Gasteiger partial charge is 0.00180 e. The van der Waals surface area contributed by atoms with Crippen molar-refractivity contribution in [1.82, 2.24) is 10.6 Å². The highest BCUT2D eigenvalue weighted by Gasteiger charge is 2.22. The Morgan fingerprint density at radius 1 is 1.14 bits per heavy atom. The van der Waals surface area contributed by atoms with Gasteiger partial charge in [-0.05, 0) is 50.9 Å². The van der Waals surface area contributed by atoms with Gasteiger partial charge in [-0.2, -0.15) is 0 Å². The van der Waals surface area contributed by atoms with Crippen LogP contribution in [0.4, 0.5) is 0 Å². The summed E-state index contributed by atoms with van der Waals surface area (Å²) in [5.74, 6) is 1.91. The minimum absolute atomic E-state index is 0.953. The molecule has 1 aliphatic carbocycles. The standard InChI is InChI=1S/C12H26N2/c1-3-13-8-5-9-14-10-12-7-4-6-11(12)2/h11-14H,3-10H2,1-2H3. The predicted octanol–water partition coefficient (Wildman–Crippen LogP) is 2.01. The fourth-order valence-electron chi connectivity index (χ4n) is 2.33. The topological polar surface area (TPSA) is 24.1 Å². The van der Waals surface area contributed by atoms with E-state index < -0.39 is 0 Å². The Kier molecular flexibility index (Phi) is 6.20. The molecule has 2 N–H and O–H groups in total. The van der Waals surface area contributed by atoms with Crippen LogP contribution >= 0.6 is 0 Å². The number of hydrogen-bond acceptors (Lipinski definition) is 2. The van der Waals surface area contributed by atoms with Gasteiger partial charge in [0.1, 0.15) is 0 Å². The van der Waals surface area contributed by atoms with E-state index in [1.807, 2.05) is 0 Å². The molecule has 0 amide bonds. The van der Waals surface area contributed by atoms with Gasteiger partial charge in [0, 0.05) is 0 Å². The van der Waals surface area contributed by atoms with Crippen molar-refractivity contribution in [3.8, 4) is 0 Å². The van der Waals surface area contributed by atoms with Crippen molar-refractivity contribution in [3.05, 3.63) is 0 Å². The first-order valence-electron chi connectivity index (χ1n) is 6.26. The Balaban J connectivity index is 1.88. The van der Waals surface area contributed by atoms with Crippen LogP contribution in [0, 0.1) is 11.8 Å². The van der Waals surface area contributed by atoms with Gasteiger partial charge >= 0.3 is 0 Å². The van der Waals surface area contributed by atoms with E-state index in [0.29, 0.717) is 0 Å². The van der Waals surface area contributed by atoms with Crippen LogP contribution in [0.25, 0.3) is 0 Å². The van der Waals surface area contributed by atoms with Crippen molar-refractivity contribution < 1.29 is 0 Å². The van der Waals surface area contributed by atoms with Crippen LogP contribution in [0.1, 0.15) is 39.5 Å². The summed E-state index contributed by atoms with van der Waals surface area (Å²) in [6.45, 7) is 9.23. The summed E-state index contributed by atoms with van der Waals surface area (Å²) in [5.41, 5.74) is 0. The number of nitrogens with one attached hydrogen (secondary N) is 2. The van der Waals surface area contributed by atoms with Gasteiger partial charge in [-0.1, -0.05) is 26.7 Å². The van der Waals surface area contributed by atoms with Crippen molar-refractivity contribution in [2.24, 2.45) is 11.8 Å². The molecule has 0 aromatic carbocycles. The summed E-state index contributed by atoms with van der Waals surface area (Å²) in [4.78, 5) is 0. The fourth-order valence-corrected chi connectivity index (χ4v) is 2.33. The Labute approximate surface area is 88.8 Å². The van der Waals surface area contributed by atoms with Gasteiger partial charge in [0.15, 0.2) is 0 Å². The fraction of sp³-hybridized carbons (Fsp3) is 1.00. The molecule has 0 aromatic heterocycles. The van der Waals surface area contributed by atoms with E-state index in [4.69, 9.17) is 0 Å². The third kappa shape index (κ3) is 4.43. The summed E-state index contributed by atoms with van der Waals surface area (Å²) in [6, 6.07) is 0. The van der Waals surface area contributed by atoms with Crippen molar-refractivity contribution in [2.75, 3.05) is 26.2 Å². The quantitative estimate of drug-likeness (QED) is 0.612. The summed E-state index contributed by atoms with van der Waals surface area (Å²) >= 11 is 0. The minimum Gasteiger partial charge on any atom is -0.317 e. The van der Waals surface area contributed by atoms with Gasteiger partial charge in [0.05, 0.1) is 0 Å². The van der Waals surface area contributed by atoms with E-state index in [1.54, 1.807) is 0 Å². The Morgan fingerprint density at radius 3 is 2.57 bits per heavy atom. The molecular formula is C12H26N2. The first kappa shape index (κ1) is 12.0. The van der Waals surface area contributed by atoms with Gasteiger partial charge < -0.3 is 10.6 Å². The van der Waals surface area contributed by atoms with Crippen molar-refractivity contribution >= 4 is 0 Å². The molecule has 14 heavy (non-hydrogen) atoms. The lowest BCUT2D eigenvalue weighted by Gasteiger charge is -2.15. The zero-order chi connectivity index (χ0) is 10.2. The Hall–Kier alpha value is -0.0800. The van der Waals surface area contributed by atoms with E-state index in [9.17, 15) is 0 Å². The van der Waals surface area contributed by atoms with Crippen molar-refractivity contribution in [2.45, 2.75) is 39.5 Å². The van der Waals surface area contributed by atoms with Crippen LogP contribution in [0.15, 0.2) is 0 Å². The third-order valence-corrected chi connectivity index (χ3v) is 3.40. The lowest BCUT2D eigenvalue weighted by atomic mass is 9.98. The minimum atomic E-state index is 0.953. The van der Waals surface area contributed by atoms with E-state index in [-0.39, 0.29) is 0 Å². The molecule has 2 unspecified atom stereocenters. The maximum atomic E-state index is 3.58. The molecule has 0 bridgehead atoms. The number of rotatable bonds is 7. The average molecular weight is 198 g/mol. The molecule has 2 heteroatoms. The molecule has 0 heterocycles. The molecule has 1 aliphatic rings. The third-order valence-electron chi connectivity index (χ3n) is 3.40. The van der Waals surface area contributed by atoms with Crippen LogP contribution in [0.5, 0.6) is 0 Å². The first-order chi connectivity index (χ1) is 6.84. The Morgan fingerprint density at radius 2 is 1.93 bits per heavy atom.